The molecular formula is C15H19FN2O2. The van der Waals surface area contributed by atoms with Crippen molar-refractivity contribution >= 4 is 11.4 Å². The molecule has 20 heavy (non-hydrogen) atoms. The number of rotatable bonds is 5. The van der Waals surface area contributed by atoms with E-state index in [0.29, 0.717) is 18.8 Å². The van der Waals surface area contributed by atoms with E-state index in [-0.39, 0.29) is 5.75 Å². The Balaban J connectivity index is 2.27. The van der Waals surface area contributed by atoms with Crippen molar-refractivity contribution in [1.82, 2.24) is 0 Å². The van der Waals surface area contributed by atoms with Crippen LogP contribution in [0.15, 0.2) is 28.9 Å². The Morgan fingerprint density at radius 3 is 2.75 bits per heavy atom. The first kappa shape index (κ1) is 14.2. The fourth-order valence-electron chi connectivity index (χ4n) is 2.07. The van der Waals surface area contributed by atoms with Crippen LogP contribution < -0.4 is 15.4 Å². The molecule has 0 radical (unpaired) electrons. The predicted molar refractivity (Wildman–Crippen MR) is 77.5 cm³/mol. The summed E-state index contributed by atoms with van der Waals surface area (Å²) in [5.74, 6) is 0.635. The van der Waals surface area contributed by atoms with E-state index in [1.807, 2.05) is 31.9 Å². The number of aryl methyl sites for hydroxylation is 1. The van der Waals surface area contributed by atoms with Gasteiger partial charge >= 0.3 is 0 Å². The highest BCUT2D eigenvalue weighted by molar-refractivity contribution is 5.69. The highest BCUT2D eigenvalue weighted by Gasteiger charge is 2.13. The molecule has 0 aliphatic heterocycles. The van der Waals surface area contributed by atoms with Crippen LogP contribution in [0, 0.1) is 12.7 Å². The first-order valence-electron chi connectivity index (χ1n) is 6.48. The van der Waals surface area contributed by atoms with Crippen molar-refractivity contribution < 1.29 is 13.5 Å². The summed E-state index contributed by atoms with van der Waals surface area (Å²) >= 11 is 0. The lowest BCUT2D eigenvalue weighted by Gasteiger charge is -2.22. The number of ether oxygens (including phenoxy) is 1. The van der Waals surface area contributed by atoms with E-state index in [0.717, 1.165) is 17.0 Å². The van der Waals surface area contributed by atoms with Crippen molar-refractivity contribution in [1.29, 1.82) is 0 Å². The smallest absolute Gasteiger partial charge is 0.167 e. The van der Waals surface area contributed by atoms with Crippen LogP contribution in [0.3, 0.4) is 0 Å². The Hall–Kier alpha value is -2.17. The summed E-state index contributed by atoms with van der Waals surface area (Å²) < 4.78 is 24.2. The van der Waals surface area contributed by atoms with Gasteiger partial charge in [-0.2, -0.15) is 0 Å². The Kier molecular flexibility index (Phi) is 4.17. The second-order valence-corrected chi connectivity index (χ2v) is 4.63. The molecule has 0 amide bonds. The van der Waals surface area contributed by atoms with Crippen molar-refractivity contribution in [3.8, 4) is 5.75 Å². The van der Waals surface area contributed by atoms with Crippen LogP contribution in [0.4, 0.5) is 15.8 Å². The van der Waals surface area contributed by atoms with Gasteiger partial charge in [0.25, 0.3) is 0 Å². The van der Waals surface area contributed by atoms with Crippen LogP contribution >= 0.6 is 0 Å². The van der Waals surface area contributed by atoms with Gasteiger partial charge in [-0.3, -0.25) is 0 Å². The molecule has 1 aromatic heterocycles. The van der Waals surface area contributed by atoms with Crippen molar-refractivity contribution in [2.75, 3.05) is 24.3 Å². The summed E-state index contributed by atoms with van der Waals surface area (Å²) in [6, 6.07) is 4.83. The second-order valence-electron chi connectivity index (χ2n) is 4.63. The van der Waals surface area contributed by atoms with E-state index in [4.69, 9.17) is 14.9 Å². The molecule has 2 rings (SSSR count). The van der Waals surface area contributed by atoms with Gasteiger partial charge in [-0.15, -0.1) is 0 Å². The zero-order valence-electron chi connectivity index (χ0n) is 11.9. The average molecular weight is 278 g/mol. The third-order valence-corrected chi connectivity index (χ3v) is 3.17. The summed E-state index contributed by atoms with van der Waals surface area (Å²) in [5, 5.41) is 0. The highest BCUT2D eigenvalue weighted by Crippen LogP contribution is 2.31. The number of benzene rings is 1. The summed E-state index contributed by atoms with van der Waals surface area (Å²) in [6.07, 6.45) is 1.65. The monoisotopic (exact) mass is 278 g/mol. The van der Waals surface area contributed by atoms with E-state index in [9.17, 15) is 4.39 Å². The lowest BCUT2D eigenvalue weighted by Crippen LogP contribution is -2.18. The number of nitrogen functional groups attached to an aromatic ring is 1. The van der Waals surface area contributed by atoms with E-state index < -0.39 is 5.82 Å². The van der Waals surface area contributed by atoms with Crippen molar-refractivity contribution in [2.24, 2.45) is 0 Å². The molecule has 2 N–H and O–H groups in total. The minimum Gasteiger partial charge on any atom is -0.491 e. The number of halogens is 1. The average Bonchev–Trinajstić information content (AvgIpc) is 2.78. The molecule has 0 fully saturated rings. The molecule has 0 aliphatic carbocycles. The third kappa shape index (κ3) is 2.87. The van der Waals surface area contributed by atoms with Crippen LogP contribution in [0.25, 0.3) is 0 Å². The maximum atomic E-state index is 13.7. The SMILES string of the molecule is CCOc1cc(N(C)Cc2ccoc2C)c(N)cc1F. The maximum Gasteiger partial charge on any atom is 0.167 e. The Labute approximate surface area is 117 Å². The van der Waals surface area contributed by atoms with Crippen LogP contribution in [-0.2, 0) is 6.54 Å². The third-order valence-electron chi connectivity index (χ3n) is 3.17. The van der Waals surface area contributed by atoms with Crippen LogP contribution in [0.5, 0.6) is 5.75 Å². The highest BCUT2D eigenvalue weighted by atomic mass is 19.1. The minimum atomic E-state index is -0.444. The van der Waals surface area contributed by atoms with Gasteiger partial charge < -0.3 is 19.8 Å². The summed E-state index contributed by atoms with van der Waals surface area (Å²) in [4.78, 5) is 1.94. The quantitative estimate of drug-likeness (QED) is 0.852. The van der Waals surface area contributed by atoms with Gasteiger partial charge in [0.1, 0.15) is 5.76 Å². The molecule has 108 valence electrons. The zero-order chi connectivity index (χ0) is 14.7. The molecule has 0 aliphatic rings. The first-order chi connectivity index (χ1) is 9.52. The van der Waals surface area contributed by atoms with Crippen LogP contribution in [-0.4, -0.2) is 13.7 Å². The summed E-state index contributed by atoms with van der Waals surface area (Å²) in [5.41, 5.74) is 8.07. The van der Waals surface area contributed by atoms with Crippen molar-refractivity contribution in [3.05, 3.63) is 41.6 Å². The molecule has 0 spiro atoms. The molecular weight excluding hydrogens is 259 g/mol. The van der Waals surface area contributed by atoms with Gasteiger partial charge in [0.15, 0.2) is 11.6 Å². The minimum absolute atomic E-state index is 0.215. The molecule has 2 aromatic rings. The number of furan rings is 1. The largest absolute Gasteiger partial charge is 0.491 e. The molecule has 0 saturated carbocycles. The molecule has 1 aromatic carbocycles. The van der Waals surface area contributed by atoms with E-state index in [1.54, 1.807) is 12.3 Å². The molecule has 0 atom stereocenters. The van der Waals surface area contributed by atoms with Gasteiger partial charge in [-0.1, -0.05) is 0 Å². The topological polar surface area (TPSA) is 51.6 Å². The molecule has 5 heteroatoms. The Morgan fingerprint density at radius 2 is 2.15 bits per heavy atom. The van der Waals surface area contributed by atoms with Gasteiger partial charge in [0.05, 0.1) is 24.2 Å². The Morgan fingerprint density at radius 1 is 1.40 bits per heavy atom. The first-order valence-corrected chi connectivity index (χ1v) is 6.48. The Bertz CT molecular complexity index is 596. The van der Waals surface area contributed by atoms with E-state index >= 15 is 0 Å². The fraction of sp³-hybridized carbons (Fsp3) is 0.333. The molecule has 4 nitrogen and oxygen atoms in total. The molecule has 0 bridgehead atoms. The van der Waals surface area contributed by atoms with Crippen LogP contribution in [0.1, 0.15) is 18.2 Å². The van der Waals surface area contributed by atoms with Crippen molar-refractivity contribution in [2.45, 2.75) is 20.4 Å². The number of hydrogen-bond donors (Lipinski definition) is 1. The van der Waals surface area contributed by atoms with E-state index in [2.05, 4.69) is 0 Å². The molecule has 0 unspecified atom stereocenters. The fourth-order valence-corrected chi connectivity index (χ4v) is 2.07. The lowest BCUT2D eigenvalue weighted by atomic mass is 10.2. The number of nitrogens with zero attached hydrogens (tertiary/aromatic N) is 1. The van der Waals surface area contributed by atoms with Gasteiger partial charge in [-0.05, 0) is 19.9 Å². The normalized spacial score (nSPS) is 10.6. The lowest BCUT2D eigenvalue weighted by molar-refractivity contribution is 0.322. The summed E-state index contributed by atoms with van der Waals surface area (Å²) in [6.45, 7) is 4.76. The standard InChI is InChI=1S/C15H19FN2O2/c1-4-19-15-8-14(13(17)7-12(15)16)18(3)9-11-5-6-20-10(11)2/h5-8H,4,9,17H2,1-3H3. The van der Waals surface area contributed by atoms with Crippen LogP contribution in [0.2, 0.25) is 0 Å². The number of nitrogens with two attached hydrogens (primary N) is 1. The predicted octanol–water partition coefficient (Wildman–Crippen LogP) is 3.34. The zero-order valence-corrected chi connectivity index (χ0v) is 11.9. The number of anilines is 2. The number of hydrogen-bond acceptors (Lipinski definition) is 4. The second kappa shape index (κ2) is 5.86. The molecule has 0 saturated heterocycles. The maximum absolute atomic E-state index is 13.7. The van der Waals surface area contributed by atoms with Gasteiger partial charge in [-0.25, -0.2) is 4.39 Å². The van der Waals surface area contributed by atoms with Gasteiger partial charge in [0, 0.05) is 31.3 Å². The van der Waals surface area contributed by atoms with Gasteiger partial charge in [0.2, 0.25) is 0 Å². The summed E-state index contributed by atoms with van der Waals surface area (Å²) in [7, 11) is 1.89. The molecule has 1 heterocycles. The van der Waals surface area contributed by atoms with E-state index in [1.165, 1.54) is 6.07 Å². The van der Waals surface area contributed by atoms with Crippen molar-refractivity contribution in [3.63, 3.8) is 0 Å².